The predicted molar refractivity (Wildman–Crippen MR) is 99.9 cm³/mol. The molecule has 1 heterocycles. The zero-order valence-corrected chi connectivity index (χ0v) is 17.3. The third kappa shape index (κ3) is 4.29. The molecule has 1 aromatic rings. The van der Waals surface area contributed by atoms with Crippen LogP contribution in [0, 0.1) is 5.41 Å². The Morgan fingerprint density at radius 1 is 1.13 bits per heavy atom. The molecule has 0 aromatic heterocycles. The minimum absolute atomic E-state index is 0.0701. The molecule has 0 radical (unpaired) electrons. The number of carbonyl (C=O) groups excluding carboxylic acids is 3. The van der Waals surface area contributed by atoms with E-state index >= 15 is 0 Å². The molecule has 166 valence electrons. The Labute approximate surface area is 171 Å². The average Bonchev–Trinajstić information content (AvgIpc) is 2.89. The van der Waals surface area contributed by atoms with Crippen LogP contribution in [0.5, 0.6) is 11.5 Å². The topological polar surface area (TPSA) is 97.0 Å². The highest BCUT2D eigenvalue weighted by molar-refractivity contribution is 6.09. The second kappa shape index (κ2) is 8.04. The molecule has 0 unspecified atom stereocenters. The van der Waals surface area contributed by atoms with Crippen molar-refractivity contribution in [2.75, 3.05) is 20.8 Å². The van der Waals surface area contributed by atoms with Crippen LogP contribution in [0.25, 0.3) is 0 Å². The molecule has 1 aromatic carbocycles. The van der Waals surface area contributed by atoms with Crippen molar-refractivity contribution < 1.29 is 37.0 Å². The molecular weight excluding hydrogens is 407 g/mol. The van der Waals surface area contributed by atoms with E-state index in [1.54, 1.807) is 28.8 Å². The van der Waals surface area contributed by atoms with Gasteiger partial charge < -0.3 is 14.8 Å². The highest BCUT2D eigenvalue weighted by Crippen LogP contribution is 2.35. The SMILES string of the molecule is COc1ccc(CCN2C(=O)N[C@@](NC(=O)C(C)(C)C)(C(F)(F)F)C2=O)cc1OC. The number of halogens is 3. The third-order valence-electron chi connectivity index (χ3n) is 4.58. The fraction of sp³-hybridized carbons (Fsp3) is 0.526. The van der Waals surface area contributed by atoms with Crippen LogP contribution in [0.4, 0.5) is 18.0 Å². The van der Waals surface area contributed by atoms with Crippen LogP contribution in [0.15, 0.2) is 18.2 Å². The Balaban J connectivity index is 2.26. The molecule has 11 heteroatoms. The largest absolute Gasteiger partial charge is 0.493 e. The fourth-order valence-electron chi connectivity index (χ4n) is 2.76. The summed E-state index contributed by atoms with van der Waals surface area (Å²) in [6, 6.07) is 3.59. The lowest BCUT2D eigenvalue weighted by atomic mass is 9.94. The predicted octanol–water partition coefficient (Wildman–Crippen LogP) is 2.22. The number of nitrogens with one attached hydrogen (secondary N) is 2. The number of ether oxygens (including phenoxy) is 2. The van der Waals surface area contributed by atoms with Gasteiger partial charge >= 0.3 is 12.2 Å². The zero-order valence-electron chi connectivity index (χ0n) is 17.3. The first kappa shape index (κ1) is 23.3. The number of benzene rings is 1. The third-order valence-corrected chi connectivity index (χ3v) is 4.58. The molecule has 0 saturated carbocycles. The number of methoxy groups -OCH3 is 2. The van der Waals surface area contributed by atoms with Gasteiger partial charge in [0, 0.05) is 12.0 Å². The molecule has 0 bridgehead atoms. The molecule has 1 atom stereocenters. The Morgan fingerprint density at radius 2 is 1.73 bits per heavy atom. The lowest BCUT2D eigenvalue weighted by molar-refractivity contribution is -0.205. The van der Waals surface area contributed by atoms with Crippen LogP contribution in [-0.2, 0) is 16.0 Å². The van der Waals surface area contributed by atoms with Crippen LogP contribution in [0.1, 0.15) is 26.3 Å². The van der Waals surface area contributed by atoms with Gasteiger partial charge in [-0.3, -0.25) is 19.8 Å². The van der Waals surface area contributed by atoms with Crippen LogP contribution < -0.4 is 20.1 Å². The summed E-state index contributed by atoms with van der Waals surface area (Å²) in [5.41, 5.74) is -4.11. The maximum Gasteiger partial charge on any atom is 0.440 e. The van der Waals surface area contributed by atoms with Crippen LogP contribution in [0.3, 0.4) is 0 Å². The smallest absolute Gasteiger partial charge is 0.440 e. The van der Waals surface area contributed by atoms with Crippen molar-refractivity contribution in [3.05, 3.63) is 23.8 Å². The van der Waals surface area contributed by atoms with Gasteiger partial charge in [-0.2, -0.15) is 13.2 Å². The highest BCUT2D eigenvalue weighted by Gasteiger charge is 2.69. The van der Waals surface area contributed by atoms with E-state index in [9.17, 15) is 27.6 Å². The molecule has 1 aliphatic rings. The van der Waals surface area contributed by atoms with Gasteiger partial charge in [0.15, 0.2) is 11.5 Å². The van der Waals surface area contributed by atoms with E-state index in [2.05, 4.69) is 0 Å². The second-order valence-electron chi connectivity index (χ2n) is 7.78. The number of amides is 4. The average molecular weight is 431 g/mol. The molecule has 4 amide bonds. The quantitative estimate of drug-likeness (QED) is 0.674. The van der Waals surface area contributed by atoms with Gasteiger partial charge in [-0.25, -0.2) is 4.79 Å². The maximum atomic E-state index is 13.8. The van der Waals surface area contributed by atoms with E-state index in [4.69, 9.17) is 9.47 Å². The van der Waals surface area contributed by atoms with Gasteiger partial charge in [0.05, 0.1) is 14.2 Å². The highest BCUT2D eigenvalue weighted by atomic mass is 19.4. The van der Waals surface area contributed by atoms with Gasteiger partial charge in [-0.15, -0.1) is 0 Å². The number of carbonyl (C=O) groups is 3. The minimum Gasteiger partial charge on any atom is -0.493 e. The number of hydrogen-bond acceptors (Lipinski definition) is 5. The number of nitrogens with zero attached hydrogens (tertiary/aromatic N) is 1. The Kier molecular flexibility index (Phi) is 6.24. The molecule has 0 aliphatic carbocycles. The van der Waals surface area contributed by atoms with E-state index in [0.717, 1.165) is 0 Å². The van der Waals surface area contributed by atoms with E-state index in [-0.39, 0.29) is 13.0 Å². The van der Waals surface area contributed by atoms with Gasteiger partial charge in [-0.05, 0) is 24.1 Å². The summed E-state index contributed by atoms with van der Waals surface area (Å²) < 4.78 is 51.7. The molecule has 30 heavy (non-hydrogen) atoms. The molecule has 2 rings (SSSR count). The molecule has 1 aliphatic heterocycles. The van der Waals surface area contributed by atoms with Gasteiger partial charge in [0.2, 0.25) is 5.91 Å². The first-order chi connectivity index (χ1) is 13.8. The molecule has 0 spiro atoms. The molecule has 2 N–H and O–H groups in total. The molecular formula is C19H24F3N3O5. The monoisotopic (exact) mass is 431 g/mol. The summed E-state index contributed by atoms with van der Waals surface area (Å²) in [5.74, 6) is -1.76. The van der Waals surface area contributed by atoms with Crippen molar-refractivity contribution in [1.29, 1.82) is 0 Å². The summed E-state index contributed by atoms with van der Waals surface area (Å²) >= 11 is 0. The van der Waals surface area contributed by atoms with E-state index < -0.39 is 35.1 Å². The molecule has 1 fully saturated rings. The Bertz CT molecular complexity index is 851. The van der Waals surface area contributed by atoms with Crippen molar-refractivity contribution in [3.63, 3.8) is 0 Å². The maximum absolute atomic E-state index is 13.8. The van der Waals surface area contributed by atoms with Gasteiger partial charge in [-0.1, -0.05) is 26.8 Å². The van der Waals surface area contributed by atoms with Crippen molar-refractivity contribution in [1.82, 2.24) is 15.5 Å². The summed E-state index contributed by atoms with van der Waals surface area (Å²) in [6.45, 7) is 3.84. The standard InChI is InChI=1S/C19H24F3N3O5/c1-17(2,3)14(26)23-18(19(20,21)22)15(27)25(16(28)24-18)9-8-11-6-7-12(29-4)13(10-11)30-5/h6-7,10H,8-9H2,1-5H3,(H,23,26)(H,24,28)/t18-/m1/s1. The normalized spacial score (nSPS) is 19.5. The van der Waals surface area contributed by atoms with E-state index in [0.29, 0.717) is 22.0 Å². The van der Waals surface area contributed by atoms with Gasteiger partial charge in [0.25, 0.3) is 11.6 Å². The van der Waals surface area contributed by atoms with Crippen LogP contribution >= 0.6 is 0 Å². The lowest BCUT2D eigenvalue weighted by Crippen LogP contribution is -2.70. The van der Waals surface area contributed by atoms with Crippen LogP contribution in [0.2, 0.25) is 0 Å². The first-order valence-corrected chi connectivity index (χ1v) is 9.01. The van der Waals surface area contributed by atoms with Crippen LogP contribution in [-0.4, -0.2) is 55.3 Å². The van der Waals surface area contributed by atoms with Crippen molar-refractivity contribution in [2.45, 2.75) is 39.0 Å². The Morgan fingerprint density at radius 3 is 2.23 bits per heavy atom. The molecule has 1 saturated heterocycles. The summed E-state index contributed by atoms with van der Waals surface area (Å²) in [6.07, 6.45) is -5.17. The first-order valence-electron chi connectivity index (χ1n) is 9.01. The number of rotatable bonds is 6. The summed E-state index contributed by atoms with van der Waals surface area (Å²) in [4.78, 5) is 37.5. The summed E-state index contributed by atoms with van der Waals surface area (Å²) in [7, 11) is 2.88. The van der Waals surface area contributed by atoms with Crippen molar-refractivity contribution in [3.8, 4) is 11.5 Å². The number of alkyl halides is 3. The number of urea groups is 1. The van der Waals surface area contributed by atoms with Gasteiger partial charge in [0.1, 0.15) is 0 Å². The van der Waals surface area contributed by atoms with Crippen molar-refractivity contribution in [2.24, 2.45) is 5.41 Å². The molecule has 8 nitrogen and oxygen atoms in total. The number of hydrogen-bond donors (Lipinski definition) is 2. The summed E-state index contributed by atoms with van der Waals surface area (Å²) in [5, 5.41) is 3.31. The zero-order chi connectivity index (χ0) is 22.9. The second-order valence-corrected chi connectivity index (χ2v) is 7.78. The lowest BCUT2D eigenvalue weighted by Gasteiger charge is -2.32. The van der Waals surface area contributed by atoms with Crippen molar-refractivity contribution >= 4 is 17.8 Å². The fourth-order valence-corrected chi connectivity index (χ4v) is 2.76. The number of imide groups is 1. The Hall–Kier alpha value is -2.98. The van der Waals surface area contributed by atoms with E-state index in [1.807, 2.05) is 0 Å². The van der Waals surface area contributed by atoms with E-state index in [1.165, 1.54) is 35.0 Å². The minimum atomic E-state index is -5.24.